The van der Waals surface area contributed by atoms with E-state index in [4.69, 9.17) is 9.47 Å². The molecule has 0 aliphatic rings. The first-order valence-electron chi connectivity index (χ1n) is 6.18. The monoisotopic (exact) mass is 333 g/mol. The second-order valence-electron chi connectivity index (χ2n) is 3.94. The van der Waals surface area contributed by atoms with Gasteiger partial charge in [0.2, 0.25) is 0 Å². The number of nitrogens with one attached hydrogen (secondary N) is 1. The van der Waals surface area contributed by atoms with Crippen LogP contribution in [0.15, 0.2) is 41.4 Å². The van der Waals surface area contributed by atoms with Crippen molar-refractivity contribution in [1.29, 1.82) is 0 Å². The first-order chi connectivity index (χ1) is 10.0. The predicted molar refractivity (Wildman–Crippen MR) is 78.1 cm³/mol. The molecule has 0 unspecified atom stereocenters. The summed E-state index contributed by atoms with van der Waals surface area (Å²) in [6.07, 6.45) is 1.42. The zero-order valence-corrected chi connectivity index (χ0v) is 15.4. The van der Waals surface area contributed by atoms with E-state index in [2.05, 4.69) is 14.7 Å². The maximum absolute atomic E-state index is 12.2. The summed E-state index contributed by atoms with van der Waals surface area (Å²) in [4.78, 5) is 7.94. The Bertz CT molecular complexity index is 713. The number of ether oxygens (including phenoxy) is 2. The smallest absolute Gasteiger partial charge is 1.00 e. The van der Waals surface area contributed by atoms with Crippen molar-refractivity contribution >= 4 is 15.8 Å². The van der Waals surface area contributed by atoms with Crippen LogP contribution in [0.5, 0.6) is 11.8 Å². The number of methoxy groups -OCH3 is 1. The number of anilines is 1. The van der Waals surface area contributed by atoms with Crippen molar-refractivity contribution in [2.24, 2.45) is 0 Å². The number of benzene rings is 1. The number of hydrogen-bond donors (Lipinski definition) is 1. The third-order valence-corrected chi connectivity index (χ3v) is 3.89. The Morgan fingerprint density at radius 2 is 1.91 bits per heavy atom. The van der Waals surface area contributed by atoms with Crippen LogP contribution in [0.4, 0.5) is 5.82 Å². The molecule has 9 heteroatoms. The summed E-state index contributed by atoms with van der Waals surface area (Å²) in [5, 5.41) is 0. The van der Waals surface area contributed by atoms with Crippen LogP contribution in [0.3, 0.4) is 0 Å². The van der Waals surface area contributed by atoms with Gasteiger partial charge in [0.25, 0.3) is 10.0 Å². The maximum Gasteiger partial charge on any atom is 1.00 e. The van der Waals surface area contributed by atoms with Crippen LogP contribution < -0.4 is 43.8 Å². The van der Waals surface area contributed by atoms with Crippen molar-refractivity contribution in [3.8, 4) is 11.8 Å². The van der Waals surface area contributed by atoms with Crippen molar-refractivity contribution in [3.05, 3.63) is 36.5 Å². The predicted octanol–water partition coefficient (Wildman–Crippen LogP) is -1.20. The second kappa shape index (κ2) is 8.33. The molecule has 0 saturated heterocycles. The van der Waals surface area contributed by atoms with Crippen molar-refractivity contribution in [2.75, 3.05) is 18.4 Å². The molecular weight excluding hydrogens is 317 g/mol. The molecule has 0 bridgehead atoms. The molecule has 0 radical (unpaired) electrons. The Morgan fingerprint density at radius 1 is 1.23 bits per heavy atom. The zero-order chi connectivity index (χ0) is 15.3. The van der Waals surface area contributed by atoms with Gasteiger partial charge in [-0.2, -0.15) is 4.98 Å². The van der Waals surface area contributed by atoms with Gasteiger partial charge in [0.05, 0.1) is 18.6 Å². The zero-order valence-electron chi connectivity index (χ0n) is 13.6. The Hall–Kier alpha value is -1.35. The van der Waals surface area contributed by atoms with E-state index in [0.717, 1.165) is 0 Å². The van der Waals surface area contributed by atoms with Crippen LogP contribution in [0.2, 0.25) is 0 Å². The minimum atomic E-state index is -3.72. The molecule has 22 heavy (non-hydrogen) atoms. The van der Waals surface area contributed by atoms with Crippen molar-refractivity contribution in [1.82, 2.24) is 9.97 Å². The molecule has 1 heterocycles. The van der Waals surface area contributed by atoms with E-state index in [1.807, 2.05) is 0 Å². The fourth-order valence-corrected chi connectivity index (χ4v) is 2.55. The summed E-state index contributed by atoms with van der Waals surface area (Å²) in [6.45, 7) is 2.19. The van der Waals surface area contributed by atoms with Gasteiger partial charge in [0.1, 0.15) is 11.6 Å². The van der Waals surface area contributed by atoms with Gasteiger partial charge in [0, 0.05) is 12.3 Å². The quantitative estimate of drug-likeness (QED) is 0.668. The van der Waals surface area contributed by atoms with Gasteiger partial charge in [-0.05, 0) is 31.2 Å². The summed E-state index contributed by atoms with van der Waals surface area (Å²) in [6, 6.07) is 7.61. The fraction of sp³-hybridized carbons (Fsp3) is 0.231. The summed E-state index contributed by atoms with van der Waals surface area (Å²) < 4.78 is 36.9. The van der Waals surface area contributed by atoms with Crippen molar-refractivity contribution in [2.45, 2.75) is 11.8 Å². The Kier molecular flexibility index (Phi) is 7.08. The van der Waals surface area contributed by atoms with Gasteiger partial charge >= 0.3 is 35.6 Å². The second-order valence-corrected chi connectivity index (χ2v) is 5.62. The number of sulfonamides is 1. The molecule has 2 aromatic rings. The van der Waals surface area contributed by atoms with Crippen LogP contribution in [0, 0.1) is 0 Å². The standard InChI is InChI=1S/C13H15N3O4S.Na.H/c1-3-20-13-14-9-8-12(15-13)16-21(17,18)11-6-4-10(19-2)5-7-11;;/h4-9H,3H2,1-2H3,(H,14,15,16);;/q;+1;-1. The number of hydrogen-bond acceptors (Lipinski definition) is 6. The molecule has 0 atom stereocenters. The number of aromatic nitrogens is 2. The van der Waals surface area contributed by atoms with Crippen LogP contribution in [-0.4, -0.2) is 32.1 Å². The van der Waals surface area contributed by atoms with Gasteiger partial charge in [-0.25, -0.2) is 13.4 Å². The summed E-state index contributed by atoms with van der Waals surface area (Å²) in [5.74, 6) is 0.721. The van der Waals surface area contributed by atoms with Crippen LogP contribution in [0.1, 0.15) is 8.35 Å². The Balaban J connectivity index is 0.00000242. The molecule has 1 aromatic heterocycles. The van der Waals surface area contributed by atoms with Gasteiger partial charge in [-0.1, -0.05) is 0 Å². The van der Waals surface area contributed by atoms with E-state index >= 15 is 0 Å². The molecule has 7 nitrogen and oxygen atoms in total. The normalized spacial score (nSPS) is 10.5. The molecule has 0 saturated carbocycles. The number of rotatable bonds is 6. The van der Waals surface area contributed by atoms with E-state index in [9.17, 15) is 8.42 Å². The van der Waals surface area contributed by atoms with E-state index in [0.29, 0.717) is 12.4 Å². The first-order valence-corrected chi connectivity index (χ1v) is 7.66. The SMILES string of the molecule is CCOc1nccc(NS(=O)(=O)c2ccc(OC)cc2)n1.[H-].[Na+]. The van der Waals surface area contributed by atoms with E-state index < -0.39 is 10.0 Å². The van der Waals surface area contributed by atoms with E-state index in [-0.39, 0.29) is 47.7 Å². The third-order valence-electron chi connectivity index (χ3n) is 2.52. The van der Waals surface area contributed by atoms with E-state index in [1.165, 1.54) is 31.5 Å². The van der Waals surface area contributed by atoms with E-state index in [1.54, 1.807) is 19.1 Å². The van der Waals surface area contributed by atoms with Gasteiger partial charge in [-0.15, -0.1) is 0 Å². The van der Waals surface area contributed by atoms with Gasteiger partial charge < -0.3 is 10.9 Å². The maximum atomic E-state index is 12.2. The first kappa shape index (κ1) is 18.7. The van der Waals surface area contributed by atoms with Crippen molar-refractivity contribution in [3.63, 3.8) is 0 Å². The molecule has 0 aliphatic heterocycles. The molecule has 0 aliphatic carbocycles. The number of nitrogens with zero attached hydrogens (tertiary/aromatic N) is 2. The molecule has 0 fully saturated rings. The van der Waals surface area contributed by atoms with Crippen molar-refractivity contribution < 1.29 is 48.9 Å². The van der Waals surface area contributed by atoms with Crippen LogP contribution in [0.25, 0.3) is 0 Å². The third kappa shape index (κ3) is 4.84. The minimum absolute atomic E-state index is 0. The van der Waals surface area contributed by atoms with Crippen LogP contribution >= 0.6 is 0 Å². The average molecular weight is 333 g/mol. The molecular formula is C13H16N3NaO4S. The molecule has 2 rings (SSSR count). The fourth-order valence-electron chi connectivity index (χ4n) is 1.55. The largest absolute Gasteiger partial charge is 1.00 e. The average Bonchev–Trinajstić information content (AvgIpc) is 2.47. The van der Waals surface area contributed by atoms with Gasteiger partial charge in [0.15, 0.2) is 0 Å². The topological polar surface area (TPSA) is 90.4 Å². The molecule has 1 aromatic carbocycles. The summed E-state index contributed by atoms with van der Waals surface area (Å²) >= 11 is 0. The van der Waals surface area contributed by atoms with Gasteiger partial charge in [-0.3, -0.25) is 4.72 Å². The Morgan fingerprint density at radius 3 is 2.50 bits per heavy atom. The summed E-state index contributed by atoms with van der Waals surface area (Å²) in [5.41, 5.74) is 0. The minimum Gasteiger partial charge on any atom is -1.00 e. The molecule has 0 spiro atoms. The summed E-state index contributed by atoms with van der Waals surface area (Å²) in [7, 11) is -2.21. The van der Waals surface area contributed by atoms with Crippen LogP contribution in [-0.2, 0) is 10.0 Å². The Labute approximate surface area is 152 Å². The molecule has 1 N–H and O–H groups in total. The molecule has 0 amide bonds. The molecule has 114 valence electrons.